The molecule has 0 unspecified atom stereocenters. The Hall–Kier alpha value is -1.42. The first-order valence-corrected chi connectivity index (χ1v) is 5.58. The molecule has 94 valence electrons. The highest BCUT2D eigenvalue weighted by Gasteiger charge is 2.26. The van der Waals surface area contributed by atoms with E-state index in [9.17, 15) is 9.18 Å². The van der Waals surface area contributed by atoms with Gasteiger partial charge in [0.1, 0.15) is 5.82 Å². The van der Waals surface area contributed by atoms with Crippen LogP contribution in [0.25, 0.3) is 0 Å². The molecule has 0 fully saturated rings. The van der Waals surface area contributed by atoms with Gasteiger partial charge in [-0.2, -0.15) is 0 Å². The molecule has 1 atom stereocenters. The first-order valence-electron chi connectivity index (χ1n) is 5.58. The average molecular weight is 238 g/mol. The molecule has 1 aromatic carbocycles. The number of rotatable bonds is 3. The van der Waals surface area contributed by atoms with E-state index in [0.29, 0.717) is 6.54 Å². The highest BCUT2D eigenvalue weighted by atomic mass is 19.1. The van der Waals surface area contributed by atoms with Gasteiger partial charge in [-0.15, -0.1) is 0 Å². The smallest absolute Gasteiger partial charge is 0.237 e. The molecule has 1 aromatic rings. The van der Waals surface area contributed by atoms with Gasteiger partial charge in [0, 0.05) is 6.54 Å². The van der Waals surface area contributed by atoms with Crippen LogP contribution in [0.2, 0.25) is 0 Å². The second-order valence-electron chi connectivity index (χ2n) is 5.19. The summed E-state index contributed by atoms with van der Waals surface area (Å²) >= 11 is 0. The van der Waals surface area contributed by atoms with E-state index < -0.39 is 6.04 Å². The van der Waals surface area contributed by atoms with E-state index in [0.717, 1.165) is 5.56 Å². The molecule has 0 saturated carbocycles. The Kier molecular flexibility index (Phi) is 4.23. The maximum absolute atomic E-state index is 12.7. The minimum Gasteiger partial charge on any atom is -0.351 e. The van der Waals surface area contributed by atoms with Gasteiger partial charge in [0.05, 0.1) is 6.04 Å². The quantitative estimate of drug-likeness (QED) is 0.844. The minimum absolute atomic E-state index is 0.193. The van der Waals surface area contributed by atoms with E-state index in [1.165, 1.54) is 12.1 Å². The highest BCUT2D eigenvalue weighted by molar-refractivity contribution is 5.82. The standard InChI is InChI=1S/C13H19FN2O/c1-13(2,3)11(15)12(17)16-8-9-4-6-10(14)7-5-9/h4-7,11H,8,15H2,1-3H3,(H,16,17)/t11-/m1/s1. The molecule has 1 amide bonds. The van der Waals surface area contributed by atoms with Crippen LogP contribution >= 0.6 is 0 Å². The summed E-state index contributed by atoms with van der Waals surface area (Å²) in [6.07, 6.45) is 0. The third kappa shape index (κ3) is 4.15. The second-order valence-corrected chi connectivity index (χ2v) is 5.19. The van der Waals surface area contributed by atoms with Crippen molar-refractivity contribution >= 4 is 5.91 Å². The lowest BCUT2D eigenvalue weighted by Crippen LogP contribution is -2.48. The molecule has 0 heterocycles. The van der Waals surface area contributed by atoms with Crippen LogP contribution in [0.4, 0.5) is 4.39 Å². The number of carbonyl (C=O) groups is 1. The Morgan fingerprint density at radius 1 is 1.35 bits per heavy atom. The summed E-state index contributed by atoms with van der Waals surface area (Å²) in [5.74, 6) is -0.478. The van der Waals surface area contributed by atoms with Crippen LogP contribution < -0.4 is 11.1 Å². The minimum atomic E-state index is -0.553. The Labute approximate surface area is 101 Å². The van der Waals surface area contributed by atoms with Crippen LogP contribution in [-0.4, -0.2) is 11.9 Å². The zero-order valence-corrected chi connectivity index (χ0v) is 10.5. The molecule has 17 heavy (non-hydrogen) atoms. The predicted octanol–water partition coefficient (Wildman–Crippen LogP) is 1.82. The van der Waals surface area contributed by atoms with Crippen molar-refractivity contribution < 1.29 is 9.18 Å². The Morgan fingerprint density at radius 3 is 2.35 bits per heavy atom. The normalized spacial score (nSPS) is 13.2. The zero-order chi connectivity index (χ0) is 13.1. The predicted molar refractivity (Wildman–Crippen MR) is 65.7 cm³/mol. The Morgan fingerprint density at radius 2 is 1.88 bits per heavy atom. The SMILES string of the molecule is CC(C)(C)[C@H](N)C(=O)NCc1ccc(F)cc1. The van der Waals surface area contributed by atoms with Gasteiger partial charge in [-0.05, 0) is 23.1 Å². The third-order valence-corrected chi connectivity index (χ3v) is 2.60. The summed E-state index contributed by atoms with van der Waals surface area (Å²) in [5.41, 5.74) is 6.39. The number of nitrogens with two attached hydrogens (primary N) is 1. The van der Waals surface area contributed by atoms with Gasteiger partial charge >= 0.3 is 0 Å². The summed E-state index contributed by atoms with van der Waals surface area (Å²) in [4.78, 5) is 11.7. The Balaban J connectivity index is 2.51. The highest BCUT2D eigenvalue weighted by Crippen LogP contribution is 2.17. The summed E-state index contributed by atoms with van der Waals surface area (Å²) in [7, 11) is 0. The van der Waals surface area contributed by atoms with Crippen LogP contribution in [-0.2, 0) is 11.3 Å². The van der Waals surface area contributed by atoms with Gasteiger partial charge in [-0.1, -0.05) is 32.9 Å². The Bertz CT molecular complexity index is 381. The van der Waals surface area contributed by atoms with Crippen LogP contribution in [0.1, 0.15) is 26.3 Å². The second kappa shape index (κ2) is 5.27. The van der Waals surface area contributed by atoms with Crippen LogP contribution in [0.3, 0.4) is 0 Å². The van der Waals surface area contributed by atoms with Gasteiger partial charge in [0.15, 0.2) is 0 Å². The van der Waals surface area contributed by atoms with Crippen LogP contribution in [0.15, 0.2) is 24.3 Å². The molecule has 1 rings (SSSR count). The van der Waals surface area contributed by atoms with Gasteiger partial charge < -0.3 is 11.1 Å². The van der Waals surface area contributed by atoms with Crippen molar-refractivity contribution in [2.45, 2.75) is 33.4 Å². The lowest BCUT2D eigenvalue weighted by molar-refractivity contribution is -0.124. The van der Waals surface area contributed by atoms with Crippen molar-refractivity contribution in [1.82, 2.24) is 5.32 Å². The molecule has 0 radical (unpaired) electrons. The van der Waals surface area contributed by atoms with E-state index >= 15 is 0 Å². The number of carbonyl (C=O) groups excluding carboxylic acids is 1. The van der Waals surface area contributed by atoms with Crippen molar-refractivity contribution in [1.29, 1.82) is 0 Å². The van der Waals surface area contributed by atoms with Gasteiger partial charge in [0.25, 0.3) is 0 Å². The average Bonchev–Trinajstić information content (AvgIpc) is 2.25. The molecule has 0 bridgehead atoms. The third-order valence-electron chi connectivity index (χ3n) is 2.60. The molecule has 3 N–H and O–H groups in total. The van der Waals surface area contributed by atoms with E-state index in [1.54, 1.807) is 12.1 Å². The number of hydrogen-bond donors (Lipinski definition) is 2. The fraction of sp³-hybridized carbons (Fsp3) is 0.462. The van der Waals surface area contributed by atoms with Gasteiger partial charge in [0.2, 0.25) is 5.91 Å². The molecule has 0 saturated heterocycles. The molecule has 3 nitrogen and oxygen atoms in total. The van der Waals surface area contributed by atoms with E-state index in [2.05, 4.69) is 5.32 Å². The van der Waals surface area contributed by atoms with Crippen molar-refractivity contribution in [3.63, 3.8) is 0 Å². The number of halogens is 1. The number of hydrogen-bond acceptors (Lipinski definition) is 2. The maximum Gasteiger partial charge on any atom is 0.237 e. The van der Waals surface area contributed by atoms with Gasteiger partial charge in [-0.3, -0.25) is 4.79 Å². The summed E-state index contributed by atoms with van der Waals surface area (Å²) < 4.78 is 12.7. The van der Waals surface area contributed by atoms with E-state index in [4.69, 9.17) is 5.73 Å². The fourth-order valence-corrected chi connectivity index (χ4v) is 1.29. The number of amides is 1. The molecular weight excluding hydrogens is 219 g/mol. The molecule has 0 aliphatic heterocycles. The summed E-state index contributed by atoms with van der Waals surface area (Å²) in [5, 5.41) is 2.74. The number of benzene rings is 1. The summed E-state index contributed by atoms with van der Waals surface area (Å²) in [6, 6.07) is 5.45. The fourth-order valence-electron chi connectivity index (χ4n) is 1.29. The topological polar surface area (TPSA) is 55.1 Å². The lowest BCUT2D eigenvalue weighted by atomic mass is 9.87. The maximum atomic E-state index is 12.7. The first-order chi connectivity index (χ1) is 7.80. The summed E-state index contributed by atoms with van der Waals surface area (Å²) in [6.45, 7) is 6.10. The molecule has 0 aliphatic carbocycles. The monoisotopic (exact) mass is 238 g/mol. The molecule has 0 aromatic heterocycles. The molecule has 4 heteroatoms. The number of nitrogens with one attached hydrogen (secondary N) is 1. The van der Waals surface area contributed by atoms with Crippen LogP contribution in [0.5, 0.6) is 0 Å². The largest absolute Gasteiger partial charge is 0.351 e. The van der Waals surface area contributed by atoms with Crippen molar-refractivity contribution in [3.8, 4) is 0 Å². The van der Waals surface area contributed by atoms with Crippen molar-refractivity contribution in [2.75, 3.05) is 0 Å². The zero-order valence-electron chi connectivity index (χ0n) is 10.5. The van der Waals surface area contributed by atoms with E-state index in [-0.39, 0.29) is 17.1 Å². The first kappa shape index (κ1) is 13.6. The van der Waals surface area contributed by atoms with Crippen LogP contribution in [0, 0.1) is 11.2 Å². The molecule has 0 aliphatic rings. The van der Waals surface area contributed by atoms with Crippen molar-refractivity contribution in [3.05, 3.63) is 35.6 Å². The lowest BCUT2D eigenvalue weighted by Gasteiger charge is -2.25. The van der Waals surface area contributed by atoms with Crippen molar-refractivity contribution in [2.24, 2.45) is 11.1 Å². The van der Waals surface area contributed by atoms with E-state index in [1.807, 2.05) is 20.8 Å². The molecular formula is C13H19FN2O. The van der Waals surface area contributed by atoms with Gasteiger partial charge in [-0.25, -0.2) is 4.39 Å². The molecule has 0 spiro atoms.